The average Bonchev–Trinajstić information content (AvgIpc) is 2.23. The second-order valence-corrected chi connectivity index (χ2v) is 5.07. The van der Waals surface area contributed by atoms with Gasteiger partial charge in [0, 0.05) is 24.3 Å². The zero-order chi connectivity index (χ0) is 13.1. The van der Waals surface area contributed by atoms with Gasteiger partial charge in [0.1, 0.15) is 5.82 Å². The highest BCUT2D eigenvalue weighted by atomic mass is 35.5. The van der Waals surface area contributed by atoms with E-state index < -0.39 is 11.4 Å². The number of methoxy groups -OCH3 is 1. The van der Waals surface area contributed by atoms with Crippen molar-refractivity contribution in [2.75, 3.05) is 13.7 Å². The van der Waals surface area contributed by atoms with E-state index in [1.807, 2.05) is 6.92 Å². The average molecular weight is 280 g/mol. The molecule has 0 aromatic heterocycles. The summed E-state index contributed by atoms with van der Waals surface area (Å²) in [5, 5.41) is 0.394. The molecule has 1 rings (SSSR count). The minimum Gasteiger partial charge on any atom is -0.385 e. The first-order valence-electron chi connectivity index (χ1n) is 5.31. The molecule has 0 saturated heterocycles. The summed E-state index contributed by atoms with van der Waals surface area (Å²) in [6, 6.07) is 2.69. The maximum atomic E-state index is 13.4. The van der Waals surface area contributed by atoms with Gasteiger partial charge in [0.2, 0.25) is 0 Å². The first-order chi connectivity index (χ1) is 7.88. The Labute approximate surface area is 111 Å². The van der Waals surface area contributed by atoms with Gasteiger partial charge in [-0.2, -0.15) is 0 Å². The van der Waals surface area contributed by atoms with Gasteiger partial charge in [-0.25, -0.2) is 4.39 Å². The first-order valence-corrected chi connectivity index (χ1v) is 6.07. The molecule has 1 aromatic rings. The van der Waals surface area contributed by atoms with Crippen molar-refractivity contribution in [2.24, 2.45) is 5.73 Å². The van der Waals surface area contributed by atoms with Crippen molar-refractivity contribution in [3.05, 3.63) is 33.6 Å². The van der Waals surface area contributed by atoms with Crippen molar-refractivity contribution in [3.63, 3.8) is 0 Å². The summed E-state index contributed by atoms with van der Waals surface area (Å²) in [5.74, 6) is -0.505. The lowest BCUT2D eigenvalue weighted by atomic mass is 9.88. The van der Waals surface area contributed by atoms with Gasteiger partial charge in [-0.15, -0.1) is 0 Å². The Morgan fingerprint density at radius 3 is 2.59 bits per heavy atom. The molecule has 1 aromatic carbocycles. The molecule has 96 valence electrons. The van der Waals surface area contributed by atoms with Crippen LogP contribution in [0.5, 0.6) is 0 Å². The largest absolute Gasteiger partial charge is 0.385 e. The van der Waals surface area contributed by atoms with Crippen molar-refractivity contribution >= 4 is 23.2 Å². The SMILES string of the molecule is COCCCC(C)(N)c1cc(F)c(Cl)cc1Cl. The van der Waals surface area contributed by atoms with Gasteiger partial charge in [-0.1, -0.05) is 23.2 Å². The molecule has 17 heavy (non-hydrogen) atoms. The van der Waals surface area contributed by atoms with E-state index in [2.05, 4.69) is 0 Å². The van der Waals surface area contributed by atoms with Crippen LogP contribution >= 0.6 is 23.2 Å². The predicted molar refractivity (Wildman–Crippen MR) is 69.1 cm³/mol. The molecular weight excluding hydrogens is 264 g/mol. The smallest absolute Gasteiger partial charge is 0.142 e. The first kappa shape index (κ1) is 14.7. The topological polar surface area (TPSA) is 35.2 Å². The van der Waals surface area contributed by atoms with Gasteiger partial charge in [-0.3, -0.25) is 0 Å². The van der Waals surface area contributed by atoms with Crippen molar-refractivity contribution < 1.29 is 9.13 Å². The Kier molecular flexibility index (Phi) is 5.20. The molecule has 0 spiro atoms. The lowest BCUT2D eigenvalue weighted by Gasteiger charge is -2.26. The van der Waals surface area contributed by atoms with Crippen LogP contribution in [0.3, 0.4) is 0 Å². The number of rotatable bonds is 5. The van der Waals surface area contributed by atoms with Gasteiger partial charge in [-0.05, 0) is 37.5 Å². The van der Waals surface area contributed by atoms with Gasteiger partial charge < -0.3 is 10.5 Å². The van der Waals surface area contributed by atoms with Crippen LogP contribution < -0.4 is 5.73 Å². The second-order valence-electron chi connectivity index (χ2n) is 4.26. The highest BCUT2D eigenvalue weighted by molar-refractivity contribution is 6.35. The van der Waals surface area contributed by atoms with Crippen LogP contribution in [0.4, 0.5) is 4.39 Å². The molecule has 0 fully saturated rings. The summed E-state index contributed by atoms with van der Waals surface area (Å²) in [4.78, 5) is 0. The zero-order valence-electron chi connectivity index (χ0n) is 9.90. The maximum Gasteiger partial charge on any atom is 0.142 e. The Morgan fingerprint density at radius 1 is 1.35 bits per heavy atom. The van der Waals surface area contributed by atoms with Crippen LogP contribution in [0.1, 0.15) is 25.3 Å². The summed E-state index contributed by atoms with van der Waals surface area (Å²) in [6.45, 7) is 2.43. The number of nitrogens with two attached hydrogens (primary N) is 1. The predicted octanol–water partition coefficient (Wildman–Crippen LogP) is 3.73. The van der Waals surface area contributed by atoms with Crippen LogP contribution in [0, 0.1) is 5.82 Å². The number of ether oxygens (including phenoxy) is 1. The van der Waals surface area contributed by atoms with Crippen LogP contribution in [0.25, 0.3) is 0 Å². The van der Waals surface area contributed by atoms with E-state index in [9.17, 15) is 4.39 Å². The molecule has 0 radical (unpaired) electrons. The molecule has 1 unspecified atom stereocenters. The number of benzene rings is 1. The summed E-state index contributed by atoms with van der Waals surface area (Å²) in [5.41, 5.74) is 6.02. The molecule has 2 N–H and O–H groups in total. The summed E-state index contributed by atoms with van der Waals surface area (Å²) >= 11 is 11.7. The van der Waals surface area contributed by atoms with E-state index in [1.54, 1.807) is 7.11 Å². The summed E-state index contributed by atoms with van der Waals surface area (Å²) in [6.07, 6.45) is 1.44. The van der Waals surface area contributed by atoms with Crippen LogP contribution in [0.15, 0.2) is 12.1 Å². The molecule has 0 aliphatic rings. The van der Waals surface area contributed by atoms with Crippen molar-refractivity contribution in [1.82, 2.24) is 0 Å². The summed E-state index contributed by atoms with van der Waals surface area (Å²) in [7, 11) is 1.63. The minimum absolute atomic E-state index is 0.00596. The van der Waals surface area contributed by atoms with Crippen LogP contribution in [-0.4, -0.2) is 13.7 Å². The van der Waals surface area contributed by atoms with Crippen LogP contribution in [0.2, 0.25) is 10.0 Å². The Bertz CT molecular complexity index is 396. The normalized spacial score (nSPS) is 14.7. The number of hydrogen-bond donors (Lipinski definition) is 1. The molecule has 0 amide bonds. The molecule has 2 nitrogen and oxygen atoms in total. The zero-order valence-corrected chi connectivity index (χ0v) is 11.4. The third kappa shape index (κ3) is 3.81. The van der Waals surface area contributed by atoms with E-state index >= 15 is 0 Å². The molecule has 0 heterocycles. The fourth-order valence-corrected chi connectivity index (χ4v) is 2.28. The number of halogens is 3. The fraction of sp³-hybridized carbons (Fsp3) is 0.500. The molecule has 1 atom stereocenters. The van der Waals surface area contributed by atoms with Gasteiger partial charge in [0.15, 0.2) is 0 Å². The maximum absolute atomic E-state index is 13.4. The van der Waals surface area contributed by atoms with Crippen molar-refractivity contribution in [3.8, 4) is 0 Å². The molecule has 0 saturated carbocycles. The molecule has 0 aliphatic heterocycles. The summed E-state index contributed by atoms with van der Waals surface area (Å²) < 4.78 is 18.4. The third-order valence-corrected chi connectivity index (χ3v) is 3.27. The van der Waals surface area contributed by atoms with E-state index in [4.69, 9.17) is 33.7 Å². The Morgan fingerprint density at radius 2 is 2.00 bits per heavy atom. The monoisotopic (exact) mass is 279 g/mol. The van der Waals surface area contributed by atoms with E-state index in [1.165, 1.54) is 12.1 Å². The van der Waals surface area contributed by atoms with Gasteiger partial charge in [0.05, 0.1) is 5.02 Å². The van der Waals surface area contributed by atoms with Crippen molar-refractivity contribution in [1.29, 1.82) is 0 Å². The highest BCUT2D eigenvalue weighted by Crippen LogP contribution is 2.33. The standard InChI is InChI=1S/C12H16Cl2FNO/c1-12(16,4-3-5-17-2)8-6-11(15)10(14)7-9(8)13/h6-7H,3-5,16H2,1-2H3. The molecular formula is C12H16Cl2FNO. The highest BCUT2D eigenvalue weighted by Gasteiger charge is 2.24. The molecule has 0 aliphatic carbocycles. The number of hydrogen-bond acceptors (Lipinski definition) is 2. The van der Waals surface area contributed by atoms with Crippen molar-refractivity contribution in [2.45, 2.75) is 25.3 Å². The Hall–Kier alpha value is -0.350. The van der Waals surface area contributed by atoms with E-state index in [0.717, 1.165) is 6.42 Å². The van der Waals surface area contributed by atoms with E-state index in [-0.39, 0.29) is 5.02 Å². The minimum atomic E-state index is -0.693. The third-order valence-electron chi connectivity index (χ3n) is 2.67. The van der Waals surface area contributed by atoms with Crippen LogP contribution in [-0.2, 0) is 10.3 Å². The Balaban J connectivity index is 2.93. The fourth-order valence-electron chi connectivity index (χ4n) is 1.68. The lowest BCUT2D eigenvalue weighted by molar-refractivity contribution is 0.184. The van der Waals surface area contributed by atoms with Gasteiger partial charge in [0.25, 0.3) is 0 Å². The van der Waals surface area contributed by atoms with Gasteiger partial charge >= 0.3 is 0 Å². The second kappa shape index (κ2) is 6.01. The molecule has 0 bridgehead atoms. The molecule has 5 heteroatoms. The van der Waals surface area contributed by atoms with E-state index in [0.29, 0.717) is 23.6 Å². The lowest BCUT2D eigenvalue weighted by Crippen LogP contribution is -2.33. The quantitative estimate of drug-likeness (QED) is 0.658.